The van der Waals surface area contributed by atoms with E-state index >= 15 is 0 Å². The molecule has 0 bridgehead atoms. The highest BCUT2D eigenvalue weighted by Gasteiger charge is 2.13. The summed E-state index contributed by atoms with van der Waals surface area (Å²) in [4.78, 5) is 33.6. The number of H-pyrrole nitrogens is 2. The molecule has 22 heavy (non-hydrogen) atoms. The van der Waals surface area contributed by atoms with Crippen molar-refractivity contribution in [1.29, 1.82) is 0 Å². The zero-order valence-electron chi connectivity index (χ0n) is 11.6. The third kappa shape index (κ3) is 6.15. The van der Waals surface area contributed by atoms with E-state index in [9.17, 15) is 9.59 Å². The van der Waals surface area contributed by atoms with Crippen LogP contribution in [0.5, 0.6) is 0 Å². The topological polar surface area (TPSA) is 184 Å². The number of nitrogens with zero attached hydrogens (tertiary/aromatic N) is 2. The van der Waals surface area contributed by atoms with Crippen molar-refractivity contribution in [2.45, 2.75) is 24.9 Å². The minimum absolute atomic E-state index is 0.263. The third-order valence-corrected chi connectivity index (χ3v) is 2.60. The molecule has 0 fully saturated rings. The van der Waals surface area contributed by atoms with Crippen LogP contribution in [0.4, 0.5) is 0 Å². The number of hydrogen-bond acceptors (Lipinski definition) is 6. The summed E-state index contributed by atoms with van der Waals surface area (Å²) >= 11 is 0. The van der Waals surface area contributed by atoms with Gasteiger partial charge in [-0.2, -0.15) is 0 Å². The second-order valence-corrected chi connectivity index (χ2v) is 4.42. The lowest BCUT2D eigenvalue weighted by Gasteiger charge is -2.01. The second kappa shape index (κ2) is 8.54. The van der Waals surface area contributed by atoms with Gasteiger partial charge in [0.05, 0.1) is 24.0 Å². The molecule has 0 spiro atoms. The van der Waals surface area contributed by atoms with Crippen LogP contribution in [0.25, 0.3) is 0 Å². The Balaban J connectivity index is 0.000000220. The van der Waals surface area contributed by atoms with E-state index in [1.54, 1.807) is 12.4 Å². The van der Waals surface area contributed by atoms with Gasteiger partial charge in [0.25, 0.3) is 0 Å². The second-order valence-electron chi connectivity index (χ2n) is 4.42. The summed E-state index contributed by atoms with van der Waals surface area (Å²) in [5.74, 6) is -2.01. The van der Waals surface area contributed by atoms with Gasteiger partial charge in [-0.1, -0.05) is 0 Å². The molecule has 2 aromatic rings. The molecular weight excluding hydrogens is 292 g/mol. The highest BCUT2D eigenvalue weighted by molar-refractivity contribution is 5.73. The summed E-state index contributed by atoms with van der Waals surface area (Å²) < 4.78 is 0. The van der Waals surface area contributed by atoms with Gasteiger partial charge in [-0.05, 0) is 0 Å². The number of nitrogens with one attached hydrogen (secondary N) is 2. The number of rotatable bonds is 6. The Morgan fingerprint density at radius 3 is 1.55 bits per heavy atom. The average molecular weight is 310 g/mol. The molecule has 10 heteroatoms. The SMILES string of the molecule is N[C@@H](Cc1c[nH]cn1)C(=O)O.N[C@@H](Cc1c[nH]cn1)C(=O)O. The van der Waals surface area contributed by atoms with Crippen LogP contribution in [0.3, 0.4) is 0 Å². The van der Waals surface area contributed by atoms with Gasteiger partial charge < -0.3 is 31.6 Å². The van der Waals surface area contributed by atoms with Crippen molar-refractivity contribution >= 4 is 11.9 Å². The Bertz CT molecular complexity index is 516. The van der Waals surface area contributed by atoms with E-state index in [0.29, 0.717) is 11.4 Å². The lowest BCUT2D eigenvalue weighted by molar-refractivity contribution is -0.139. The molecule has 2 heterocycles. The molecule has 2 atom stereocenters. The molecule has 0 aliphatic rings. The molecule has 0 unspecified atom stereocenters. The smallest absolute Gasteiger partial charge is 0.320 e. The third-order valence-electron chi connectivity index (χ3n) is 2.60. The summed E-state index contributed by atoms with van der Waals surface area (Å²) in [5, 5.41) is 16.8. The molecule has 8 N–H and O–H groups in total. The first-order valence-electron chi connectivity index (χ1n) is 6.32. The van der Waals surface area contributed by atoms with E-state index in [1.165, 1.54) is 12.7 Å². The molecule has 2 rings (SSSR count). The van der Waals surface area contributed by atoms with Crippen LogP contribution >= 0.6 is 0 Å². The van der Waals surface area contributed by atoms with Crippen LogP contribution in [0, 0.1) is 0 Å². The summed E-state index contributed by atoms with van der Waals surface area (Å²) in [7, 11) is 0. The molecule has 2 aromatic heterocycles. The molecule has 0 saturated carbocycles. The number of carbonyl (C=O) groups is 2. The predicted octanol–water partition coefficient (Wildman–Crippen LogP) is -1.27. The number of carboxylic acid groups (broad SMARTS) is 2. The minimum Gasteiger partial charge on any atom is -0.480 e. The number of hydrogen-bond donors (Lipinski definition) is 6. The van der Waals surface area contributed by atoms with Gasteiger partial charge in [-0.25, -0.2) is 9.97 Å². The maximum Gasteiger partial charge on any atom is 0.320 e. The van der Waals surface area contributed by atoms with Gasteiger partial charge in [0.15, 0.2) is 0 Å². The van der Waals surface area contributed by atoms with Crippen molar-refractivity contribution in [1.82, 2.24) is 19.9 Å². The quantitative estimate of drug-likeness (QED) is 0.381. The van der Waals surface area contributed by atoms with Crippen LogP contribution < -0.4 is 11.5 Å². The van der Waals surface area contributed by atoms with Crippen LogP contribution in [-0.4, -0.2) is 54.2 Å². The molecule has 0 aliphatic carbocycles. The molecule has 0 aliphatic heterocycles. The van der Waals surface area contributed by atoms with Crippen LogP contribution in [0.2, 0.25) is 0 Å². The summed E-state index contributed by atoms with van der Waals surface area (Å²) in [6, 6.07) is -1.73. The first kappa shape index (κ1) is 17.3. The van der Waals surface area contributed by atoms with E-state index < -0.39 is 24.0 Å². The van der Waals surface area contributed by atoms with E-state index in [1.807, 2.05) is 0 Å². The van der Waals surface area contributed by atoms with Crippen molar-refractivity contribution in [3.63, 3.8) is 0 Å². The minimum atomic E-state index is -1.01. The zero-order chi connectivity index (χ0) is 16.5. The van der Waals surface area contributed by atoms with E-state index in [4.69, 9.17) is 21.7 Å². The Morgan fingerprint density at radius 1 is 0.955 bits per heavy atom. The molecular formula is C12H18N6O4. The Kier molecular flexibility index (Phi) is 6.73. The summed E-state index contributed by atoms with van der Waals surface area (Å²) in [6.07, 6.45) is 6.76. The van der Waals surface area contributed by atoms with E-state index in [0.717, 1.165) is 0 Å². The fourth-order valence-corrected chi connectivity index (χ4v) is 1.43. The summed E-state index contributed by atoms with van der Waals surface area (Å²) in [5.41, 5.74) is 11.8. The first-order valence-corrected chi connectivity index (χ1v) is 6.32. The van der Waals surface area contributed by atoms with Gasteiger partial charge in [-0.3, -0.25) is 9.59 Å². The van der Waals surface area contributed by atoms with Gasteiger partial charge in [0, 0.05) is 25.2 Å². The molecule has 0 amide bonds. The van der Waals surface area contributed by atoms with Crippen LogP contribution in [0.1, 0.15) is 11.4 Å². The molecule has 0 aromatic carbocycles. The number of aliphatic carboxylic acids is 2. The Hall–Kier alpha value is -2.72. The molecule has 120 valence electrons. The fourth-order valence-electron chi connectivity index (χ4n) is 1.43. The predicted molar refractivity (Wildman–Crippen MR) is 75.8 cm³/mol. The van der Waals surface area contributed by atoms with Crippen LogP contribution in [0.15, 0.2) is 25.0 Å². The van der Waals surface area contributed by atoms with Crippen molar-refractivity contribution < 1.29 is 19.8 Å². The Morgan fingerprint density at radius 2 is 1.32 bits per heavy atom. The highest BCUT2D eigenvalue weighted by atomic mass is 16.4. The van der Waals surface area contributed by atoms with Gasteiger partial charge in [0.1, 0.15) is 12.1 Å². The van der Waals surface area contributed by atoms with Crippen molar-refractivity contribution in [2.75, 3.05) is 0 Å². The number of aromatic amines is 2. The average Bonchev–Trinajstić information content (AvgIpc) is 3.12. The van der Waals surface area contributed by atoms with E-state index in [-0.39, 0.29) is 12.8 Å². The maximum absolute atomic E-state index is 10.3. The van der Waals surface area contributed by atoms with Gasteiger partial charge in [0.2, 0.25) is 0 Å². The standard InChI is InChI=1S/2C6H9N3O2/c2*7-5(6(10)11)1-4-2-8-3-9-4/h2*2-3,5H,1,7H2,(H,8,9)(H,10,11)/t2*5-/m00/s1. The molecule has 10 nitrogen and oxygen atoms in total. The maximum atomic E-state index is 10.3. The van der Waals surface area contributed by atoms with Crippen molar-refractivity contribution in [3.05, 3.63) is 36.4 Å². The van der Waals surface area contributed by atoms with Crippen LogP contribution in [-0.2, 0) is 22.4 Å². The number of nitrogens with two attached hydrogens (primary N) is 2. The molecule has 0 radical (unpaired) electrons. The lowest BCUT2D eigenvalue weighted by Crippen LogP contribution is -2.32. The monoisotopic (exact) mass is 310 g/mol. The highest BCUT2D eigenvalue weighted by Crippen LogP contribution is 1.96. The van der Waals surface area contributed by atoms with Crippen molar-refractivity contribution in [2.24, 2.45) is 11.5 Å². The largest absolute Gasteiger partial charge is 0.480 e. The van der Waals surface area contributed by atoms with E-state index in [2.05, 4.69) is 19.9 Å². The number of carboxylic acids is 2. The zero-order valence-corrected chi connectivity index (χ0v) is 11.6. The van der Waals surface area contributed by atoms with Gasteiger partial charge >= 0.3 is 11.9 Å². The van der Waals surface area contributed by atoms with Crippen molar-refractivity contribution in [3.8, 4) is 0 Å². The molecule has 0 saturated heterocycles. The first-order chi connectivity index (χ1) is 10.4. The summed E-state index contributed by atoms with van der Waals surface area (Å²) in [6.45, 7) is 0. The lowest BCUT2D eigenvalue weighted by atomic mass is 10.2. The van der Waals surface area contributed by atoms with Gasteiger partial charge in [-0.15, -0.1) is 0 Å². The Labute approximate surface area is 125 Å². The number of aromatic nitrogens is 4. The fraction of sp³-hybridized carbons (Fsp3) is 0.333. The normalized spacial score (nSPS) is 12.8. The number of imidazole rings is 2.